The van der Waals surface area contributed by atoms with Crippen LogP contribution in [0.15, 0.2) is 71.6 Å². The first-order valence-corrected chi connectivity index (χ1v) is 11.2. The summed E-state index contributed by atoms with van der Waals surface area (Å²) in [6.07, 6.45) is 0. The Bertz CT molecular complexity index is 1160. The fourth-order valence-corrected chi connectivity index (χ4v) is 4.84. The highest BCUT2D eigenvalue weighted by Crippen LogP contribution is 2.30. The number of halogens is 1. The highest BCUT2D eigenvalue weighted by Gasteiger charge is 2.28. The second-order valence-electron chi connectivity index (χ2n) is 7.09. The van der Waals surface area contributed by atoms with Crippen LogP contribution in [0.1, 0.15) is 16.7 Å². The highest BCUT2D eigenvalue weighted by atomic mass is 35.5. The number of benzene rings is 3. The molecule has 156 valence electrons. The van der Waals surface area contributed by atoms with Crippen LogP contribution >= 0.6 is 11.6 Å². The van der Waals surface area contributed by atoms with E-state index in [1.165, 1.54) is 12.1 Å². The molecule has 3 rings (SSSR count). The Balaban J connectivity index is 1.99. The molecular formula is C23H23ClN2O3S. The molecule has 1 N–H and O–H groups in total. The summed E-state index contributed by atoms with van der Waals surface area (Å²) in [6.45, 7) is 5.24. The number of para-hydroxylation sites is 2. The fraction of sp³-hybridized carbons (Fsp3) is 0.174. The molecule has 7 heteroatoms. The van der Waals surface area contributed by atoms with Crippen LogP contribution in [0.4, 0.5) is 11.4 Å². The SMILES string of the molecule is Cc1ccc(S(=O)(=O)N(CC(=O)Nc2c(C)cccc2C)c2ccccc2Cl)cc1. The number of amides is 1. The van der Waals surface area contributed by atoms with E-state index in [1.807, 2.05) is 39.0 Å². The van der Waals surface area contributed by atoms with Gasteiger partial charge in [0.1, 0.15) is 6.54 Å². The van der Waals surface area contributed by atoms with Crippen molar-refractivity contribution in [3.05, 3.63) is 88.4 Å². The van der Waals surface area contributed by atoms with Gasteiger partial charge in [-0.2, -0.15) is 0 Å². The molecule has 0 saturated heterocycles. The summed E-state index contributed by atoms with van der Waals surface area (Å²) in [5.41, 5.74) is 3.65. The van der Waals surface area contributed by atoms with Gasteiger partial charge in [-0.3, -0.25) is 9.10 Å². The monoisotopic (exact) mass is 442 g/mol. The lowest BCUT2D eigenvalue weighted by molar-refractivity contribution is -0.114. The smallest absolute Gasteiger partial charge is 0.264 e. The van der Waals surface area contributed by atoms with Crippen LogP contribution in [0.2, 0.25) is 5.02 Å². The third kappa shape index (κ3) is 4.66. The Morgan fingerprint density at radius 3 is 2.10 bits per heavy atom. The summed E-state index contributed by atoms with van der Waals surface area (Å²) in [5, 5.41) is 3.09. The standard InChI is InChI=1S/C23H23ClN2O3S/c1-16-11-13-19(14-12-16)30(28,29)26(21-10-5-4-9-20(21)24)15-22(27)25-23-17(2)7-6-8-18(23)3/h4-14H,15H2,1-3H3,(H,25,27). The maximum Gasteiger partial charge on any atom is 0.264 e. The van der Waals surface area contributed by atoms with Gasteiger partial charge in [0, 0.05) is 5.69 Å². The molecule has 0 fully saturated rings. The lowest BCUT2D eigenvalue weighted by Gasteiger charge is -2.25. The van der Waals surface area contributed by atoms with Crippen LogP contribution in [0, 0.1) is 20.8 Å². The van der Waals surface area contributed by atoms with Crippen molar-refractivity contribution in [2.24, 2.45) is 0 Å². The first-order valence-electron chi connectivity index (χ1n) is 9.40. The Labute approximate surface area is 182 Å². The third-order valence-corrected chi connectivity index (χ3v) is 6.86. The topological polar surface area (TPSA) is 66.5 Å². The van der Waals surface area contributed by atoms with Gasteiger partial charge in [0.2, 0.25) is 5.91 Å². The van der Waals surface area contributed by atoms with Crippen LogP contribution in [-0.4, -0.2) is 20.9 Å². The normalized spacial score (nSPS) is 11.2. The van der Waals surface area contributed by atoms with E-state index in [0.29, 0.717) is 5.69 Å². The second-order valence-corrected chi connectivity index (χ2v) is 9.36. The number of nitrogens with one attached hydrogen (secondary N) is 1. The minimum atomic E-state index is -4.01. The maximum atomic E-state index is 13.4. The molecule has 0 radical (unpaired) electrons. The molecule has 5 nitrogen and oxygen atoms in total. The zero-order valence-corrected chi connectivity index (χ0v) is 18.6. The predicted octanol–water partition coefficient (Wildman–Crippen LogP) is 5.10. The minimum Gasteiger partial charge on any atom is -0.324 e. The van der Waals surface area contributed by atoms with Crippen LogP contribution in [0.3, 0.4) is 0 Å². The van der Waals surface area contributed by atoms with E-state index < -0.39 is 22.5 Å². The third-order valence-electron chi connectivity index (χ3n) is 4.76. The van der Waals surface area contributed by atoms with E-state index >= 15 is 0 Å². The number of sulfonamides is 1. The van der Waals surface area contributed by atoms with E-state index in [4.69, 9.17) is 11.6 Å². The molecule has 0 aromatic heterocycles. The molecule has 3 aromatic rings. The van der Waals surface area contributed by atoms with Crippen molar-refractivity contribution in [1.82, 2.24) is 0 Å². The Kier molecular flexibility index (Phi) is 6.48. The van der Waals surface area contributed by atoms with E-state index in [9.17, 15) is 13.2 Å². The largest absolute Gasteiger partial charge is 0.324 e. The van der Waals surface area contributed by atoms with Gasteiger partial charge in [-0.15, -0.1) is 0 Å². The zero-order valence-electron chi connectivity index (χ0n) is 17.0. The van der Waals surface area contributed by atoms with Crippen LogP contribution in [-0.2, 0) is 14.8 Å². The number of nitrogens with zero attached hydrogens (tertiary/aromatic N) is 1. The van der Waals surface area contributed by atoms with Gasteiger partial charge in [-0.05, 0) is 56.2 Å². The lowest BCUT2D eigenvalue weighted by Crippen LogP contribution is -2.38. The number of hydrogen-bond acceptors (Lipinski definition) is 3. The summed E-state index contributed by atoms with van der Waals surface area (Å²) in [5.74, 6) is -0.456. The summed E-state index contributed by atoms with van der Waals surface area (Å²) >= 11 is 6.29. The lowest BCUT2D eigenvalue weighted by atomic mass is 10.1. The summed E-state index contributed by atoms with van der Waals surface area (Å²) in [7, 11) is -4.01. The van der Waals surface area contributed by atoms with Crippen molar-refractivity contribution in [1.29, 1.82) is 0 Å². The quantitative estimate of drug-likeness (QED) is 0.577. The summed E-state index contributed by atoms with van der Waals surface area (Å²) in [6, 6.07) is 18.7. The number of rotatable bonds is 6. The molecule has 0 unspecified atom stereocenters. The number of carbonyl (C=O) groups excluding carboxylic acids is 1. The summed E-state index contributed by atoms with van der Waals surface area (Å²) < 4.78 is 27.9. The van der Waals surface area contributed by atoms with Gasteiger partial charge in [-0.25, -0.2) is 8.42 Å². The van der Waals surface area contributed by atoms with E-state index in [1.54, 1.807) is 36.4 Å². The minimum absolute atomic E-state index is 0.0906. The Morgan fingerprint density at radius 1 is 0.900 bits per heavy atom. The number of hydrogen-bond donors (Lipinski definition) is 1. The predicted molar refractivity (Wildman–Crippen MR) is 122 cm³/mol. The molecule has 0 aliphatic rings. The van der Waals surface area contributed by atoms with Crippen molar-refractivity contribution in [3.63, 3.8) is 0 Å². The first-order chi connectivity index (χ1) is 14.2. The van der Waals surface area contributed by atoms with Crippen LogP contribution in [0.25, 0.3) is 0 Å². The second kappa shape index (κ2) is 8.90. The molecule has 0 atom stereocenters. The molecule has 0 spiro atoms. The Hall–Kier alpha value is -2.83. The zero-order chi connectivity index (χ0) is 21.9. The van der Waals surface area contributed by atoms with Crippen molar-refractivity contribution >= 4 is 38.9 Å². The molecule has 0 bridgehead atoms. The fourth-order valence-electron chi connectivity index (χ4n) is 3.11. The molecule has 3 aromatic carbocycles. The first kappa shape index (κ1) is 21.9. The van der Waals surface area contributed by atoms with Crippen LogP contribution < -0.4 is 9.62 Å². The van der Waals surface area contributed by atoms with Crippen LogP contribution in [0.5, 0.6) is 0 Å². The van der Waals surface area contributed by atoms with Gasteiger partial charge in [-0.1, -0.05) is 59.6 Å². The molecule has 30 heavy (non-hydrogen) atoms. The Morgan fingerprint density at radius 2 is 1.50 bits per heavy atom. The van der Waals surface area contributed by atoms with Crippen molar-refractivity contribution in [3.8, 4) is 0 Å². The van der Waals surface area contributed by atoms with Gasteiger partial charge in [0.05, 0.1) is 15.6 Å². The van der Waals surface area contributed by atoms with E-state index in [-0.39, 0.29) is 15.6 Å². The molecule has 0 aliphatic heterocycles. The van der Waals surface area contributed by atoms with Crippen molar-refractivity contribution in [2.45, 2.75) is 25.7 Å². The molecule has 0 aliphatic carbocycles. The van der Waals surface area contributed by atoms with Gasteiger partial charge < -0.3 is 5.32 Å². The molecule has 0 saturated carbocycles. The highest BCUT2D eigenvalue weighted by molar-refractivity contribution is 7.92. The van der Waals surface area contributed by atoms with E-state index in [2.05, 4.69) is 5.32 Å². The molecular weight excluding hydrogens is 420 g/mol. The summed E-state index contributed by atoms with van der Waals surface area (Å²) in [4.78, 5) is 13.0. The van der Waals surface area contributed by atoms with Crippen molar-refractivity contribution < 1.29 is 13.2 Å². The van der Waals surface area contributed by atoms with E-state index in [0.717, 1.165) is 21.0 Å². The van der Waals surface area contributed by atoms with Crippen molar-refractivity contribution in [2.75, 3.05) is 16.2 Å². The number of carbonyl (C=O) groups is 1. The number of anilines is 2. The van der Waals surface area contributed by atoms with Gasteiger partial charge in [0.25, 0.3) is 10.0 Å². The van der Waals surface area contributed by atoms with Gasteiger partial charge >= 0.3 is 0 Å². The average molecular weight is 443 g/mol. The average Bonchev–Trinajstić information content (AvgIpc) is 2.70. The molecule has 1 amide bonds. The molecule has 0 heterocycles. The maximum absolute atomic E-state index is 13.4. The van der Waals surface area contributed by atoms with Gasteiger partial charge in [0.15, 0.2) is 0 Å². The number of aryl methyl sites for hydroxylation is 3.